The molecule has 0 N–H and O–H groups in total. The van der Waals surface area contributed by atoms with E-state index in [9.17, 15) is 0 Å². The summed E-state index contributed by atoms with van der Waals surface area (Å²) in [5.74, 6) is 1.97. The minimum atomic E-state index is -0.109. The molecule has 2 aromatic heterocycles. The lowest BCUT2D eigenvalue weighted by Crippen LogP contribution is -2.43. The summed E-state index contributed by atoms with van der Waals surface area (Å²) in [6, 6.07) is 163. The van der Waals surface area contributed by atoms with Crippen molar-refractivity contribution in [2.45, 2.75) is 135 Å². The van der Waals surface area contributed by atoms with E-state index in [0.717, 1.165) is 27.9 Å². The Balaban J connectivity index is 0.000000112. The first-order valence-corrected chi connectivity index (χ1v) is 52.1. The van der Waals surface area contributed by atoms with E-state index < -0.39 is 0 Å². The van der Waals surface area contributed by atoms with Gasteiger partial charge in [-0.3, -0.25) is 0 Å². The molecule has 0 unspecified atom stereocenters. The number of aromatic nitrogens is 4. The van der Waals surface area contributed by atoms with E-state index in [-0.39, 0.29) is 37.9 Å². The van der Waals surface area contributed by atoms with Gasteiger partial charge in [0.15, 0.2) is 17.5 Å². The van der Waals surface area contributed by atoms with Gasteiger partial charge in [-0.25, -0.2) is 15.0 Å². The third-order valence-corrected chi connectivity index (χ3v) is 35.6. The molecule has 22 aromatic carbocycles. The first kappa shape index (κ1) is 90.3. The van der Waals surface area contributed by atoms with Gasteiger partial charge in [-0.05, 0) is 299 Å². The maximum Gasteiger partial charge on any atom is 0.164 e. The van der Waals surface area contributed by atoms with Crippen molar-refractivity contribution in [3.05, 3.63) is 487 Å². The van der Waals surface area contributed by atoms with Crippen molar-refractivity contribution < 1.29 is 0 Å². The van der Waals surface area contributed by atoms with Gasteiger partial charge in [0.25, 0.3) is 0 Å². The molecule has 0 bridgehead atoms. The lowest BCUT2D eigenvalue weighted by Gasteiger charge is -2.48. The van der Waals surface area contributed by atoms with Crippen LogP contribution >= 0.6 is 0 Å². The number of anilines is 3. The van der Waals surface area contributed by atoms with E-state index >= 15 is 0 Å². The molecule has 5 nitrogen and oxygen atoms in total. The van der Waals surface area contributed by atoms with Gasteiger partial charge in [-0.2, -0.15) is 0 Å². The van der Waals surface area contributed by atoms with Crippen molar-refractivity contribution in [2.75, 3.05) is 4.90 Å². The molecule has 708 valence electrons. The van der Waals surface area contributed by atoms with Crippen LogP contribution in [-0.2, 0) is 37.9 Å². The standard InChI is InChI=1S/C51H39N3.C47H41N.C44H35N/c1-50(2)45-27-26-35(34-20-15-21-36(28-34)49-53-47(32-16-7-5-8-17-32)52-48(54-49)33-18-9-6-10-19-33)29-43(45)44-30-41-39-24-13-11-22-37(39)38-23-12-14-25-40(38)42(41)31-46(44)51(50,3)4;1-45(2)38-22-14-12-18-33(38)34-26-25-32(29-41(34)45)48(31-16-8-7-9-17-31)42-28-30-24-27-40-44(43(30)36-20-11-10-19-35(36)42)37-21-13-15-23-39(37)46(3,4)47(40,5)6;1-43(2)38-24-23-33-32-15-9-8-14-29(32)18-21-35(33)42(38)36-22-20-31(27-39(36)44(43,3)4)45-40-17-11-10-16-34(40)37-26-30(19-25-41(37)45)28-12-6-5-7-13-28/h5-31H,1-4H3;7-29H,1-6H3;5-27H,1-4H3. The third kappa shape index (κ3) is 13.9. The Morgan fingerprint density at radius 2 is 0.612 bits per heavy atom. The highest BCUT2D eigenvalue weighted by atomic mass is 15.1. The fourth-order valence-electron chi connectivity index (χ4n) is 25.6. The topological polar surface area (TPSA) is 46.8 Å². The van der Waals surface area contributed by atoms with E-state index in [1.54, 1.807) is 0 Å². The number of benzene rings is 22. The van der Waals surface area contributed by atoms with Crippen LogP contribution in [0.1, 0.15) is 141 Å². The van der Waals surface area contributed by atoms with Crippen molar-refractivity contribution >= 4 is 114 Å². The Morgan fingerprint density at radius 3 is 1.28 bits per heavy atom. The molecule has 0 spiro atoms. The molecule has 0 aliphatic heterocycles. The van der Waals surface area contributed by atoms with Gasteiger partial charge in [-0.15, -0.1) is 0 Å². The van der Waals surface area contributed by atoms with Gasteiger partial charge >= 0.3 is 0 Å². The van der Waals surface area contributed by atoms with E-state index in [4.69, 9.17) is 15.0 Å². The maximum atomic E-state index is 5.02. The van der Waals surface area contributed by atoms with Crippen molar-refractivity contribution in [3.8, 4) is 107 Å². The molecule has 0 fully saturated rings. The summed E-state index contributed by atoms with van der Waals surface area (Å²) in [4.78, 5) is 17.4. The van der Waals surface area contributed by atoms with Crippen LogP contribution in [0.2, 0.25) is 0 Å². The van der Waals surface area contributed by atoms with E-state index in [1.165, 1.54) is 220 Å². The molecule has 0 saturated heterocycles. The van der Waals surface area contributed by atoms with Crippen LogP contribution in [0.25, 0.3) is 204 Å². The Morgan fingerprint density at radius 1 is 0.190 bits per heavy atom. The summed E-state index contributed by atoms with van der Waals surface area (Å²) in [5.41, 5.74) is 36.4. The monoisotopic (exact) mass is 1890 g/mol. The highest BCUT2D eigenvalue weighted by Crippen LogP contribution is 2.62. The number of nitrogens with zero attached hydrogens (tertiary/aromatic N) is 5. The van der Waals surface area contributed by atoms with E-state index in [2.05, 4.69) is 489 Å². The molecule has 0 amide bonds. The lowest BCUT2D eigenvalue weighted by atomic mass is 9.55. The van der Waals surface area contributed by atoms with Gasteiger partial charge < -0.3 is 9.47 Å². The van der Waals surface area contributed by atoms with E-state index in [0.29, 0.717) is 17.5 Å². The summed E-state index contributed by atoms with van der Waals surface area (Å²) in [5, 5.41) is 20.8. The second-order valence-electron chi connectivity index (χ2n) is 44.9. The summed E-state index contributed by atoms with van der Waals surface area (Å²) < 4.78 is 2.47. The van der Waals surface area contributed by atoms with Gasteiger partial charge in [0.05, 0.1) is 16.7 Å². The van der Waals surface area contributed by atoms with Gasteiger partial charge in [0, 0.05) is 55.3 Å². The summed E-state index contributed by atoms with van der Waals surface area (Å²) >= 11 is 0. The number of rotatable bonds is 9. The first-order chi connectivity index (χ1) is 71.2. The zero-order valence-electron chi connectivity index (χ0n) is 85.9. The molecule has 0 radical (unpaired) electrons. The van der Waals surface area contributed by atoms with Gasteiger partial charge in [-0.1, -0.05) is 455 Å². The predicted molar refractivity (Wildman–Crippen MR) is 623 cm³/mol. The molecule has 0 atom stereocenters. The first-order valence-electron chi connectivity index (χ1n) is 52.1. The largest absolute Gasteiger partial charge is 0.310 e. The average Bonchev–Trinajstić information content (AvgIpc) is 1.38. The third-order valence-electron chi connectivity index (χ3n) is 35.6. The van der Waals surface area contributed by atoms with E-state index in [1.807, 2.05) is 60.7 Å². The molecular weight excluding hydrogens is 1780 g/mol. The predicted octanol–water partition coefficient (Wildman–Crippen LogP) is 38.2. The highest BCUT2D eigenvalue weighted by molar-refractivity contribution is 6.27. The summed E-state index contributed by atoms with van der Waals surface area (Å²) in [6.45, 7) is 33.8. The molecule has 5 heteroatoms. The number of hydrogen-bond donors (Lipinski definition) is 0. The molecule has 4 aliphatic carbocycles. The zero-order chi connectivity index (χ0) is 100. The van der Waals surface area contributed by atoms with Crippen LogP contribution in [0, 0.1) is 0 Å². The quantitative estimate of drug-likeness (QED) is 0.135. The number of para-hydroxylation sites is 2. The van der Waals surface area contributed by atoms with Crippen molar-refractivity contribution in [3.63, 3.8) is 0 Å². The Bertz CT molecular complexity index is 9510. The minimum Gasteiger partial charge on any atom is -0.310 e. The van der Waals surface area contributed by atoms with Crippen LogP contribution in [0.3, 0.4) is 0 Å². The van der Waals surface area contributed by atoms with Crippen LogP contribution in [0.5, 0.6) is 0 Å². The lowest BCUT2D eigenvalue weighted by molar-refractivity contribution is 0.299. The minimum absolute atomic E-state index is 0.00880. The molecule has 4 aliphatic rings. The molecule has 28 rings (SSSR count). The normalized spacial score (nSPS) is 15.1. The average molecular weight is 1890 g/mol. The number of fused-ring (bicyclic) bond motifs is 29. The zero-order valence-corrected chi connectivity index (χ0v) is 85.9. The SMILES string of the molecule is CC1(C)c2cc(-n3c4ccccc4c4cc(-c5ccccc5)ccc43)ccc2-c2c(ccc3c2ccc2ccccc23)C1(C)C.CC1(C)c2ccc(-c3cccc(-c4nc(-c5ccccc5)nc(-c5ccccc5)n4)c3)cc2-c2cc3c4ccccc4c4ccccc4c3cc2C1(C)C.CC1(C)c2ccccc2-c2ccc(N(c3ccccc3)c3cc4ccc5c(c4c4ccccc34)-c3ccccc3C(C)(C)C5(C)C)cc21. The molecule has 24 aromatic rings. The summed E-state index contributed by atoms with van der Waals surface area (Å²) in [6.07, 6.45) is 0. The second-order valence-corrected chi connectivity index (χ2v) is 44.9. The van der Waals surface area contributed by atoms with Crippen LogP contribution < -0.4 is 4.90 Å². The van der Waals surface area contributed by atoms with Crippen LogP contribution in [0.15, 0.2) is 443 Å². The Labute approximate surface area is 861 Å². The Kier molecular flexibility index (Phi) is 20.7. The van der Waals surface area contributed by atoms with Gasteiger partial charge in [0.2, 0.25) is 0 Å². The second kappa shape index (κ2) is 33.7. The molecule has 2 heterocycles. The fraction of sp³-hybridized carbons (Fsp3) is 0.148. The summed E-state index contributed by atoms with van der Waals surface area (Å²) in [7, 11) is 0. The molecule has 0 saturated carbocycles. The molecular formula is C142H115N5. The fourth-order valence-corrected chi connectivity index (χ4v) is 25.6. The van der Waals surface area contributed by atoms with Crippen molar-refractivity contribution in [1.29, 1.82) is 0 Å². The van der Waals surface area contributed by atoms with Crippen molar-refractivity contribution in [2.24, 2.45) is 0 Å². The smallest absolute Gasteiger partial charge is 0.164 e. The van der Waals surface area contributed by atoms with Crippen LogP contribution in [-0.4, -0.2) is 19.5 Å². The maximum absolute atomic E-state index is 5.02. The Hall–Kier alpha value is -16.7. The molecule has 147 heavy (non-hydrogen) atoms. The number of hydrogen-bond acceptors (Lipinski definition) is 4. The van der Waals surface area contributed by atoms with Crippen LogP contribution in [0.4, 0.5) is 17.1 Å². The van der Waals surface area contributed by atoms with Gasteiger partial charge in [0.1, 0.15) is 0 Å². The highest BCUT2D eigenvalue weighted by Gasteiger charge is 2.50. The van der Waals surface area contributed by atoms with Crippen molar-refractivity contribution in [1.82, 2.24) is 19.5 Å².